The monoisotopic (exact) mass is 400 g/mol. The standard InChI is InChI=1S/C24H21ClN4/c25-22-12-11-20-21(18-7-3-1-4-8-18)17-23(27-24(20)26-22)29-15-13-28(14-16-29)19-9-5-2-6-10-19/h1-12,17H,13-16H2. The predicted octanol–water partition coefficient (Wildman–Crippen LogP) is 5.28. The molecule has 4 aromatic rings. The number of nitrogens with zero attached hydrogens (tertiary/aromatic N) is 4. The van der Waals surface area contributed by atoms with Crippen molar-refractivity contribution in [1.82, 2.24) is 9.97 Å². The first-order valence-electron chi connectivity index (χ1n) is 9.85. The third-order valence-corrected chi connectivity index (χ3v) is 5.65. The molecule has 4 nitrogen and oxygen atoms in total. The molecule has 2 aromatic heterocycles. The summed E-state index contributed by atoms with van der Waals surface area (Å²) in [5.41, 5.74) is 4.27. The second-order valence-corrected chi connectivity index (χ2v) is 7.60. The summed E-state index contributed by atoms with van der Waals surface area (Å²) in [6, 6.07) is 27.0. The summed E-state index contributed by atoms with van der Waals surface area (Å²) < 4.78 is 0. The Hall–Kier alpha value is -3.11. The van der Waals surface area contributed by atoms with Crippen LogP contribution in [0.5, 0.6) is 0 Å². The van der Waals surface area contributed by atoms with Gasteiger partial charge < -0.3 is 9.80 Å². The second-order valence-electron chi connectivity index (χ2n) is 7.21. The number of halogens is 1. The highest BCUT2D eigenvalue weighted by atomic mass is 35.5. The summed E-state index contributed by atoms with van der Waals surface area (Å²) in [6.45, 7) is 3.77. The molecule has 1 saturated heterocycles. The molecule has 29 heavy (non-hydrogen) atoms. The number of pyridine rings is 2. The molecule has 0 saturated carbocycles. The van der Waals surface area contributed by atoms with E-state index in [1.807, 2.05) is 18.2 Å². The zero-order chi connectivity index (χ0) is 19.6. The van der Waals surface area contributed by atoms with Crippen LogP contribution < -0.4 is 9.80 Å². The molecule has 0 unspecified atom stereocenters. The number of para-hydroxylation sites is 1. The molecule has 1 aliphatic rings. The van der Waals surface area contributed by atoms with E-state index in [-0.39, 0.29) is 0 Å². The van der Waals surface area contributed by atoms with Crippen molar-refractivity contribution < 1.29 is 0 Å². The maximum atomic E-state index is 6.17. The van der Waals surface area contributed by atoms with Crippen molar-refractivity contribution in [2.75, 3.05) is 36.0 Å². The summed E-state index contributed by atoms with van der Waals surface area (Å²) in [5, 5.41) is 1.49. The Morgan fingerprint density at radius 1 is 0.690 bits per heavy atom. The van der Waals surface area contributed by atoms with E-state index in [2.05, 4.69) is 75.4 Å². The van der Waals surface area contributed by atoms with E-state index in [1.165, 1.54) is 5.69 Å². The first-order valence-corrected chi connectivity index (χ1v) is 10.2. The Labute approximate surface area is 175 Å². The van der Waals surface area contributed by atoms with Gasteiger partial charge in [-0.25, -0.2) is 9.97 Å². The van der Waals surface area contributed by atoms with Crippen LogP contribution in [0.4, 0.5) is 11.5 Å². The number of hydrogen-bond donors (Lipinski definition) is 0. The van der Waals surface area contributed by atoms with Gasteiger partial charge in [-0.05, 0) is 41.5 Å². The summed E-state index contributed by atoms with van der Waals surface area (Å²) in [7, 11) is 0. The van der Waals surface area contributed by atoms with Crippen LogP contribution in [0.25, 0.3) is 22.2 Å². The van der Waals surface area contributed by atoms with E-state index < -0.39 is 0 Å². The molecule has 0 bridgehead atoms. The zero-order valence-corrected chi connectivity index (χ0v) is 16.8. The van der Waals surface area contributed by atoms with E-state index in [1.54, 1.807) is 0 Å². The van der Waals surface area contributed by atoms with Crippen molar-refractivity contribution in [3.05, 3.63) is 84.0 Å². The minimum Gasteiger partial charge on any atom is -0.368 e. The molecule has 0 N–H and O–H groups in total. The van der Waals surface area contributed by atoms with Crippen LogP contribution >= 0.6 is 11.6 Å². The highest BCUT2D eigenvalue weighted by Gasteiger charge is 2.20. The fourth-order valence-electron chi connectivity index (χ4n) is 3.92. The quantitative estimate of drug-likeness (QED) is 0.438. The van der Waals surface area contributed by atoms with Crippen molar-refractivity contribution in [2.45, 2.75) is 0 Å². The number of fused-ring (bicyclic) bond motifs is 1. The summed E-state index contributed by atoms with van der Waals surface area (Å²) in [5.74, 6) is 0.957. The van der Waals surface area contributed by atoms with Gasteiger partial charge in [0.05, 0.1) is 0 Å². The molecule has 0 amide bonds. The lowest BCUT2D eigenvalue weighted by Crippen LogP contribution is -2.46. The minimum atomic E-state index is 0.468. The smallest absolute Gasteiger partial charge is 0.163 e. The Morgan fingerprint density at radius 2 is 1.34 bits per heavy atom. The van der Waals surface area contributed by atoms with E-state index in [0.717, 1.165) is 48.5 Å². The summed E-state index contributed by atoms with van der Waals surface area (Å²) >= 11 is 6.17. The van der Waals surface area contributed by atoms with Gasteiger partial charge in [0.1, 0.15) is 11.0 Å². The van der Waals surface area contributed by atoms with Gasteiger partial charge in [0.2, 0.25) is 0 Å². The lowest BCUT2D eigenvalue weighted by atomic mass is 10.0. The van der Waals surface area contributed by atoms with Gasteiger partial charge in [-0.2, -0.15) is 0 Å². The molecule has 0 radical (unpaired) electrons. The molecule has 1 aliphatic heterocycles. The molecule has 2 aromatic carbocycles. The Morgan fingerprint density at radius 3 is 2.07 bits per heavy atom. The first-order chi connectivity index (χ1) is 14.3. The third kappa shape index (κ3) is 3.64. The fraction of sp³-hybridized carbons (Fsp3) is 0.167. The zero-order valence-electron chi connectivity index (χ0n) is 16.0. The van der Waals surface area contributed by atoms with Gasteiger partial charge in [0.25, 0.3) is 0 Å². The molecule has 0 aliphatic carbocycles. The number of rotatable bonds is 3. The molecule has 5 heteroatoms. The van der Waals surface area contributed by atoms with E-state index in [4.69, 9.17) is 16.6 Å². The highest BCUT2D eigenvalue weighted by molar-refractivity contribution is 6.29. The van der Waals surface area contributed by atoms with Crippen LogP contribution in [0, 0.1) is 0 Å². The van der Waals surface area contributed by atoms with Gasteiger partial charge in [0, 0.05) is 37.3 Å². The van der Waals surface area contributed by atoms with Crippen LogP contribution in [0.1, 0.15) is 0 Å². The van der Waals surface area contributed by atoms with Crippen molar-refractivity contribution in [2.24, 2.45) is 0 Å². The second kappa shape index (κ2) is 7.72. The minimum absolute atomic E-state index is 0.468. The maximum absolute atomic E-state index is 6.17. The lowest BCUT2D eigenvalue weighted by Gasteiger charge is -2.37. The van der Waals surface area contributed by atoms with Crippen LogP contribution in [-0.2, 0) is 0 Å². The number of aromatic nitrogens is 2. The summed E-state index contributed by atoms with van der Waals surface area (Å²) in [6.07, 6.45) is 0. The van der Waals surface area contributed by atoms with Gasteiger partial charge in [-0.15, -0.1) is 0 Å². The SMILES string of the molecule is Clc1ccc2c(-c3ccccc3)cc(N3CCN(c4ccccc4)CC3)nc2n1. The Bertz CT molecular complexity index is 1120. The third-order valence-electron chi connectivity index (χ3n) is 5.44. The van der Waals surface area contributed by atoms with Crippen molar-refractivity contribution in [1.29, 1.82) is 0 Å². The van der Waals surface area contributed by atoms with E-state index in [0.29, 0.717) is 10.8 Å². The normalized spacial score (nSPS) is 14.4. The Balaban J connectivity index is 1.49. The lowest BCUT2D eigenvalue weighted by molar-refractivity contribution is 0.648. The Kier molecular flexibility index (Phi) is 4.78. The molecule has 144 valence electrons. The number of hydrogen-bond acceptors (Lipinski definition) is 4. The van der Waals surface area contributed by atoms with Crippen molar-refractivity contribution in [3.8, 4) is 11.1 Å². The maximum Gasteiger partial charge on any atom is 0.163 e. The molecule has 1 fully saturated rings. The fourth-order valence-corrected chi connectivity index (χ4v) is 4.06. The van der Waals surface area contributed by atoms with Gasteiger partial charge in [-0.3, -0.25) is 0 Å². The average Bonchev–Trinajstić information content (AvgIpc) is 2.79. The first kappa shape index (κ1) is 18.0. The van der Waals surface area contributed by atoms with Gasteiger partial charge in [-0.1, -0.05) is 60.1 Å². The molecule has 3 heterocycles. The van der Waals surface area contributed by atoms with Crippen molar-refractivity contribution in [3.63, 3.8) is 0 Å². The summed E-state index contributed by atoms with van der Waals surface area (Å²) in [4.78, 5) is 14.1. The molecule has 0 atom stereocenters. The average molecular weight is 401 g/mol. The molecule has 0 spiro atoms. The van der Waals surface area contributed by atoms with Crippen LogP contribution in [0.15, 0.2) is 78.9 Å². The number of anilines is 2. The molecule has 5 rings (SSSR count). The van der Waals surface area contributed by atoms with Crippen LogP contribution in [-0.4, -0.2) is 36.1 Å². The highest BCUT2D eigenvalue weighted by Crippen LogP contribution is 2.32. The predicted molar refractivity (Wildman–Crippen MR) is 121 cm³/mol. The van der Waals surface area contributed by atoms with E-state index in [9.17, 15) is 0 Å². The number of piperazine rings is 1. The number of benzene rings is 2. The van der Waals surface area contributed by atoms with Crippen LogP contribution in [0.3, 0.4) is 0 Å². The van der Waals surface area contributed by atoms with Gasteiger partial charge in [0.15, 0.2) is 5.65 Å². The van der Waals surface area contributed by atoms with E-state index >= 15 is 0 Å². The molecular formula is C24H21ClN4. The van der Waals surface area contributed by atoms with Gasteiger partial charge >= 0.3 is 0 Å². The topological polar surface area (TPSA) is 32.3 Å². The molecular weight excluding hydrogens is 380 g/mol. The van der Waals surface area contributed by atoms with Crippen molar-refractivity contribution >= 4 is 34.1 Å². The van der Waals surface area contributed by atoms with Crippen LogP contribution in [0.2, 0.25) is 5.15 Å². The largest absolute Gasteiger partial charge is 0.368 e.